The highest BCUT2D eigenvalue weighted by Gasteiger charge is 2.30. The second-order valence-corrected chi connectivity index (χ2v) is 6.14. The molecule has 0 aliphatic heterocycles. The molecule has 0 radical (unpaired) electrons. The van der Waals surface area contributed by atoms with Gasteiger partial charge in [0.05, 0.1) is 5.69 Å². The molecule has 132 valence electrons. The molecule has 1 aromatic carbocycles. The van der Waals surface area contributed by atoms with Gasteiger partial charge in [0.25, 0.3) is 5.91 Å². The molecule has 0 unspecified atom stereocenters. The van der Waals surface area contributed by atoms with Crippen LogP contribution in [0.3, 0.4) is 0 Å². The lowest BCUT2D eigenvalue weighted by molar-refractivity contribution is -0.137. The molecule has 0 atom stereocenters. The van der Waals surface area contributed by atoms with Gasteiger partial charge >= 0.3 is 5.97 Å². The van der Waals surface area contributed by atoms with E-state index in [1.165, 1.54) is 17.0 Å². The smallest absolute Gasteiger partial charge is 0.323 e. The number of amides is 1. The molecule has 1 amide bonds. The van der Waals surface area contributed by atoms with Crippen LogP contribution in [0.25, 0.3) is 5.69 Å². The molecule has 0 bridgehead atoms. The largest absolute Gasteiger partial charge is 0.480 e. The van der Waals surface area contributed by atoms with Gasteiger partial charge in [0.2, 0.25) is 0 Å². The maximum atomic E-state index is 13.2. The van der Waals surface area contributed by atoms with Crippen LogP contribution in [0.1, 0.15) is 41.5 Å². The first kappa shape index (κ1) is 17.1. The summed E-state index contributed by atoms with van der Waals surface area (Å²) in [6.45, 7) is 1.91. The predicted octanol–water partition coefficient (Wildman–Crippen LogP) is 2.44. The van der Waals surface area contributed by atoms with E-state index in [4.69, 9.17) is 5.11 Å². The molecule has 6 nitrogen and oxygen atoms in total. The predicted molar refractivity (Wildman–Crippen MR) is 89.4 cm³/mol. The Labute approximate surface area is 144 Å². The molecule has 1 aromatic heterocycles. The minimum atomic E-state index is -1.04. The monoisotopic (exact) mass is 345 g/mol. The molecule has 0 saturated heterocycles. The Hall–Kier alpha value is -2.70. The quantitative estimate of drug-likeness (QED) is 0.872. The molecule has 0 saturated carbocycles. The number of aliphatic carboxylic acids is 1. The van der Waals surface area contributed by atoms with Crippen molar-refractivity contribution in [1.82, 2.24) is 14.7 Å². The van der Waals surface area contributed by atoms with E-state index in [2.05, 4.69) is 5.10 Å². The van der Waals surface area contributed by atoms with Gasteiger partial charge in [0.15, 0.2) is 5.69 Å². The number of hydrogen-bond donors (Lipinski definition) is 1. The summed E-state index contributed by atoms with van der Waals surface area (Å²) in [4.78, 5) is 25.2. The number of hydrogen-bond acceptors (Lipinski definition) is 3. The van der Waals surface area contributed by atoms with Gasteiger partial charge in [0, 0.05) is 17.8 Å². The first-order chi connectivity index (χ1) is 12.0. The van der Waals surface area contributed by atoms with E-state index in [9.17, 15) is 14.0 Å². The lowest BCUT2D eigenvalue weighted by Crippen LogP contribution is -2.37. The van der Waals surface area contributed by atoms with Gasteiger partial charge in [-0.3, -0.25) is 9.59 Å². The zero-order valence-corrected chi connectivity index (χ0v) is 14.0. The molecule has 2 aromatic rings. The Bertz CT molecular complexity index is 799. The third-order valence-electron chi connectivity index (χ3n) is 4.31. The second-order valence-electron chi connectivity index (χ2n) is 6.14. The van der Waals surface area contributed by atoms with E-state index in [1.807, 2.05) is 6.92 Å². The van der Waals surface area contributed by atoms with Crippen molar-refractivity contribution < 1.29 is 19.1 Å². The Balaban J connectivity index is 1.99. The SMILES string of the molecule is CCCN(CC(=O)O)C(=O)c1nn(-c2ccc(F)cc2)c2c1CCC2. The summed E-state index contributed by atoms with van der Waals surface area (Å²) in [7, 11) is 0. The summed E-state index contributed by atoms with van der Waals surface area (Å²) in [6.07, 6.45) is 3.12. The maximum absolute atomic E-state index is 13.2. The van der Waals surface area contributed by atoms with Crippen molar-refractivity contribution in [2.75, 3.05) is 13.1 Å². The maximum Gasteiger partial charge on any atom is 0.323 e. The van der Waals surface area contributed by atoms with Crippen LogP contribution in [-0.2, 0) is 17.6 Å². The van der Waals surface area contributed by atoms with E-state index in [1.54, 1.807) is 16.8 Å². The average Bonchev–Trinajstić information content (AvgIpc) is 3.17. The second kappa shape index (κ2) is 7.04. The van der Waals surface area contributed by atoms with Gasteiger partial charge in [-0.2, -0.15) is 5.10 Å². The molecule has 0 fully saturated rings. The summed E-state index contributed by atoms with van der Waals surface area (Å²) in [6, 6.07) is 5.95. The van der Waals surface area contributed by atoms with Crippen molar-refractivity contribution in [2.24, 2.45) is 0 Å². The summed E-state index contributed by atoms with van der Waals surface area (Å²) >= 11 is 0. The van der Waals surface area contributed by atoms with Gasteiger partial charge in [-0.15, -0.1) is 0 Å². The number of carboxylic acid groups (broad SMARTS) is 1. The fourth-order valence-corrected chi connectivity index (χ4v) is 3.24. The van der Waals surface area contributed by atoms with Crippen LogP contribution in [0.5, 0.6) is 0 Å². The zero-order valence-electron chi connectivity index (χ0n) is 14.0. The van der Waals surface area contributed by atoms with Gasteiger partial charge in [-0.05, 0) is 49.9 Å². The number of rotatable bonds is 6. The van der Waals surface area contributed by atoms with Crippen molar-refractivity contribution in [3.8, 4) is 5.69 Å². The van der Waals surface area contributed by atoms with Gasteiger partial charge in [0.1, 0.15) is 12.4 Å². The van der Waals surface area contributed by atoms with Crippen molar-refractivity contribution in [3.63, 3.8) is 0 Å². The topological polar surface area (TPSA) is 75.4 Å². The molecule has 0 spiro atoms. The number of halogens is 1. The minimum Gasteiger partial charge on any atom is -0.480 e. The number of nitrogens with zero attached hydrogens (tertiary/aromatic N) is 3. The van der Waals surface area contributed by atoms with Crippen LogP contribution in [0.4, 0.5) is 4.39 Å². The third-order valence-corrected chi connectivity index (χ3v) is 4.31. The minimum absolute atomic E-state index is 0.312. The Morgan fingerprint density at radius 3 is 2.64 bits per heavy atom. The molecular weight excluding hydrogens is 325 g/mol. The van der Waals surface area contributed by atoms with Gasteiger partial charge in [-0.1, -0.05) is 6.92 Å². The fraction of sp³-hybridized carbons (Fsp3) is 0.389. The summed E-state index contributed by atoms with van der Waals surface area (Å²) in [5, 5.41) is 13.5. The molecule has 25 heavy (non-hydrogen) atoms. The van der Waals surface area contributed by atoms with Crippen LogP contribution >= 0.6 is 0 Å². The number of carbonyl (C=O) groups is 2. The average molecular weight is 345 g/mol. The molecule has 3 rings (SSSR count). The van der Waals surface area contributed by atoms with Crippen LogP contribution in [-0.4, -0.2) is 44.8 Å². The van der Waals surface area contributed by atoms with Gasteiger partial charge in [-0.25, -0.2) is 9.07 Å². The van der Waals surface area contributed by atoms with Crippen molar-refractivity contribution >= 4 is 11.9 Å². The third kappa shape index (κ3) is 3.40. The summed E-state index contributed by atoms with van der Waals surface area (Å²) < 4.78 is 14.9. The Morgan fingerprint density at radius 1 is 1.28 bits per heavy atom. The molecule has 1 aliphatic carbocycles. The lowest BCUT2D eigenvalue weighted by Gasteiger charge is -2.19. The Morgan fingerprint density at radius 2 is 2.00 bits per heavy atom. The van der Waals surface area contributed by atoms with Crippen LogP contribution < -0.4 is 0 Å². The number of benzene rings is 1. The Kier molecular flexibility index (Phi) is 4.83. The van der Waals surface area contributed by atoms with Crippen molar-refractivity contribution in [2.45, 2.75) is 32.6 Å². The first-order valence-corrected chi connectivity index (χ1v) is 8.39. The van der Waals surface area contributed by atoms with Crippen molar-refractivity contribution in [1.29, 1.82) is 0 Å². The molecule has 7 heteroatoms. The van der Waals surface area contributed by atoms with E-state index in [0.29, 0.717) is 24.3 Å². The first-order valence-electron chi connectivity index (χ1n) is 8.39. The summed E-state index contributed by atoms with van der Waals surface area (Å²) in [5.41, 5.74) is 2.83. The van der Waals surface area contributed by atoms with E-state index < -0.39 is 5.97 Å². The van der Waals surface area contributed by atoms with E-state index in [0.717, 1.165) is 30.5 Å². The normalized spacial score (nSPS) is 12.9. The number of carboxylic acids is 1. The molecule has 1 heterocycles. The van der Waals surface area contributed by atoms with Crippen LogP contribution in [0.2, 0.25) is 0 Å². The zero-order chi connectivity index (χ0) is 18.0. The molecule has 1 aliphatic rings. The van der Waals surface area contributed by atoms with Crippen molar-refractivity contribution in [3.05, 3.63) is 47.0 Å². The fourth-order valence-electron chi connectivity index (χ4n) is 3.24. The number of carbonyl (C=O) groups excluding carboxylic acids is 1. The van der Waals surface area contributed by atoms with Crippen LogP contribution in [0.15, 0.2) is 24.3 Å². The molecular formula is C18H20FN3O3. The standard InChI is InChI=1S/C18H20FN3O3/c1-2-10-21(11-16(23)24)18(25)17-14-4-3-5-15(14)22(20-17)13-8-6-12(19)7-9-13/h6-9H,2-5,10-11H2,1H3,(H,23,24). The van der Waals surface area contributed by atoms with E-state index >= 15 is 0 Å². The highest BCUT2D eigenvalue weighted by Crippen LogP contribution is 2.28. The lowest BCUT2D eigenvalue weighted by atomic mass is 10.1. The number of fused-ring (bicyclic) bond motifs is 1. The summed E-state index contributed by atoms with van der Waals surface area (Å²) in [5.74, 6) is -1.74. The van der Waals surface area contributed by atoms with E-state index in [-0.39, 0.29) is 18.3 Å². The molecule has 1 N–H and O–H groups in total. The number of aromatic nitrogens is 2. The van der Waals surface area contributed by atoms with Crippen LogP contribution in [0, 0.1) is 5.82 Å². The highest BCUT2D eigenvalue weighted by molar-refractivity contribution is 5.96. The van der Waals surface area contributed by atoms with Gasteiger partial charge < -0.3 is 10.0 Å². The highest BCUT2D eigenvalue weighted by atomic mass is 19.1.